The lowest BCUT2D eigenvalue weighted by Crippen LogP contribution is -2.45. The molecule has 0 saturated carbocycles. The van der Waals surface area contributed by atoms with E-state index in [1.54, 1.807) is 28.9 Å². The van der Waals surface area contributed by atoms with E-state index in [-0.39, 0.29) is 34.3 Å². The number of pyridine rings is 1. The molecule has 2 aromatic carbocycles. The molecule has 1 saturated heterocycles. The molecule has 0 N–H and O–H groups in total. The molecule has 10 heteroatoms. The van der Waals surface area contributed by atoms with Crippen molar-refractivity contribution < 1.29 is 23.1 Å². The highest BCUT2D eigenvalue weighted by Gasteiger charge is 2.38. The van der Waals surface area contributed by atoms with Crippen molar-refractivity contribution in [1.82, 2.24) is 14.8 Å². The average Bonchev–Trinajstić information content (AvgIpc) is 3.00. The van der Waals surface area contributed by atoms with Gasteiger partial charge in [0.15, 0.2) is 0 Å². The monoisotopic (exact) mass is 620 g/mol. The zero-order valence-electron chi connectivity index (χ0n) is 22.3. The third-order valence-corrected chi connectivity index (χ3v) is 8.37. The molecule has 0 aliphatic carbocycles. The maximum atomic E-state index is 13.9. The number of aryl methyl sites for hydroxylation is 1. The van der Waals surface area contributed by atoms with E-state index in [0.29, 0.717) is 43.6 Å². The van der Waals surface area contributed by atoms with E-state index in [2.05, 4.69) is 27.0 Å². The summed E-state index contributed by atoms with van der Waals surface area (Å²) in [5.41, 5.74) is 1.40. The Morgan fingerprint density at radius 1 is 1.10 bits per heavy atom. The molecule has 2 aliphatic heterocycles. The number of ether oxygens (including phenoxy) is 1. The molecule has 1 atom stereocenters. The molecule has 210 valence electrons. The second kappa shape index (κ2) is 11.8. The van der Waals surface area contributed by atoms with Crippen LogP contribution in [0.25, 0.3) is 0 Å². The third-order valence-electron chi connectivity index (χ3n) is 7.60. The first-order valence-electron chi connectivity index (χ1n) is 13.2. The fourth-order valence-electron chi connectivity index (χ4n) is 5.23. The Morgan fingerprint density at radius 2 is 1.83 bits per heavy atom. The van der Waals surface area contributed by atoms with Gasteiger partial charge in [-0.15, -0.1) is 0 Å². The van der Waals surface area contributed by atoms with Gasteiger partial charge in [-0.2, -0.15) is 5.26 Å². The van der Waals surface area contributed by atoms with E-state index < -0.39 is 23.2 Å². The van der Waals surface area contributed by atoms with Crippen LogP contribution >= 0.6 is 15.9 Å². The average molecular weight is 621 g/mol. The summed E-state index contributed by atoms with van der Waals surface area (Å²) in [6.07, 6.45) is 5.37. The number of carbonyl (C=O) groups is 2. The highest BCUT2D eigenvalue weighted by atomic mass is 79.9. The Morgan fingerprint density at radius 3 is 2.54 bits per heavy atom. The molecular formula is C31H27BrF2N4O3. The van der Waals surface area contributed by atoms with Gasteiger partial charge in [0.2, 0.25) is 0 Å². The zero-order valence-corrected chi connectivity index (χ0v) is 23.9. The number of hydrogen-bond donors (Lipinski definition) is 0. The number of piperidine rings is 1. The van der Waals surface area contributed by atoms with Gasteiger partial charge >= 0.3 is 0 Å². The van der Waals surface area contributed by atoms with Gasteiger partial charge in [-0.05, 0) is 59.0 Å². The van der Waals surface area contributed by atoms with E-state index >= 15 is 0 Å². The predicted octanol–water partition coefficient (Wildman–Crippen LogP) is 5.59. The van der Waals surface area contributed by atoms with Gasteiger partial charge < -0.3 is 14.5 Å². The number of carbonyl (C=O) groups excluding carboxylic acids is 2. The Hall–Kier alpha value is -4.10. The number of benzene rings is 2. The van der Waals surface area contributed by atoms with Gasteiger partial charge in [-0.3, -0.25) is 14.6 Å². The summed E-state index contributed by atoms with van der Waals surface area (Å²) in [6.45, 7) is 2.99. The number of hydrogen-bond acceptors (Lipinski definition) is 5. The van der Waals surface area contributed by atoms with Crippen molar-refractivity contribution >= 4 is 27.7 Å². The lowest BCUT2D eigenvalue weighted by Gasteiger charge is -2.37. The molecule has 5 rings (SSSR count). The van der Waals surface area contributed by atoms with Crippen molar-refractivity contribution in [3.05, 3.63) is 105 Å². The van der Waals surface area contributed by atoms with Crippen LogP contribution in [0.1, 0.15) is 44.8 Å². The van der Waals surface area contributed by atoms with E-state index in [4.69, 9.17) is 4.74 Å². The summed E-state index contributed by atoms with van der Waals surface area (Å²) in [5, 5.41) is 9.97. The van der Waals surface area contributed by atoms with Gasteiger partial charge in [0, 0.05) is 43.5 Å². The Kier molecular flexibility index (Phi) is 8.18. The lowest BCUT2D eigenvalue weighted by atomic mass is 9.74. The van der Waals surface area contributed by atoms with Crippen LogP contribution in [-0.4, -0.2) is 58.9 Å². The number of nitrogens with zero attached hydrogens (tertiary/aromatic N) is 4. The van der Waals surface area contributed by atoms with Gasteiger partial charge in [0.1, 0.15) is 29.2 Å². The summed E-state index contributed by atoms with van der Waals surface area (Å²) < 4.78 is 33.5. The molecule has 0 spiro atoms. The third kappa shape index (κ3) is 5.86. The van der Waals surface area contributed by atoms with Crippen molar-refractivity contribution in [3.8, 4) is 11.8 Å². The SMILES string of the molecule is Cc1cnc(C(=O)N2CCC(C#N)(c3ccccc3)CC2)cc1C(=O)N1CC=CC(Oc2cc(F)cc(F)c2Br)C1. The van der Waals surface area contributed by atoms with Crippen LogP contribution in [0.3, 0.4) is 0 Å². The number of aromatic nitrogens is 1. The summed E-state index contributed by atoms with van der Waals surface area (Å²) in [6, 6.07) is 15.4. The largest absolute Gasteiger partial charge is 0.483 e. The molecule has 3 heterocycles. The highest BCUT2D eigenvalue weighted by Crippen LogP contribution is 2.35. The number of rotatable bonds is 5. The van der Waals surface area contributed by atoms with Crippen LogP contribution < -0.4 is 4.74 Å². The first kappa shape index (κ1) is 28.4. The Balaban J connectivity index is 1.28. The second-order valence-electron chi connectivity index (χ2n) is 10.2. The smallest absolute Gasteiger partial charge is 0.272 e. The molecule has 3 aromatic rings. The summed E-state index contributed by atoms with van der Waals surface area (Å²) >= 11 is 3.08. The van der Waals surface area contributed by atoms with Gasteiger partial charge in [-0.25, -0.2) is 8.78 Å². The molecular weight excluding hydrogens is 594 g/mol. The van der Waals surface area contributed by atoms with Crippen LogP contribution in [0.15, 0.2) is 71.4 Å². The summed E-state index contributed by atoms with van der Waals surface area (Å²) in [5.74, 6) is -2.17. The van der Waals surface area contributed by atoms with E-state index in [1.807, 2.05) is 30.3 Å². The lowest BCUT2D eigenvalue weighted by molar-refractivity contribution is 0.0685. The minimum Gasteiger partial charge on any atom is -0.483 e. The van der Waals surface area contributed by atoms with Crippen LogP contribution in [0.4, 0.5) is 8.78 Å². The second-order valence-corrected chi connectivity index (χ2v) is 11.0. The van der Waals surface area contributed by atoms with Crippen molar-refractivity contribution in [1.29, 1.82) is 5.26 Å². The molecule has 2 aliphatic rings. The molecule has 2 amide bonds. The fraction of sp³-hybridized carbons (Fsp3) is 0.290. The minimum atomic E-state index is -0.788. The topological polar surface area (TPSA) is 86.5 Å². The van der Waals surface area contributed by atoms with Gasteiger partial charge in [0.25, 0.3) is 11.8 Å². The maximum Gasteiger partial charge on any atom is 0.272 e. The first-order chi connectivity index (χ1) is 19.7. The van der Waals surface area contributed by atoms with E-state index in [1.165, 1.54) is 12.3 Å². The standard InChI is InChI=1S/C31H27BrF2N4O3/c1-20-17-36-26(30(40)37-12-9-31(19-35,10-13-37)21-6-3-2-4-7-21)16-24(20)29(39)38-11-5-8-23(18-38)41-27-15-22(33)14-25(34)28(27)32/h2-8,14-17,23H,9-13,18H2,1H3. The van der Waals surface area contributed by atoms with Crippen LogP contribution in [-0.2, 0) is 5.41 Å². The summed E-state index contributed by atoms with van der Waals surface area (Å²) in [7, 11) is 0. The number of nitriles is 1. The van der Waals surface area contributed by atoms with E-state index in [9.17, 15) is 23.6 Å². The molecule has 41 heavy (non-hydrogen) atoms. The molecule has 1 fully saturated rings. The number of amides is 2. The van der Waals surface area contributed by atoms with Crippen LogP contribution in [0, 0.1) is 29.9 Å². The van der Waals surface area contributed by atoms with Crippen molar-refractivity contribution in [2.75, 3.05) is 26.2 Å². The van der Waals surface area contributed by atoms with Gasteiger partial charge in [0.05, 0.1) is 22.5 Å². The minimum absolute atomic E-state index is 0.00243. The quantitative estimate of drug-likeness (QED) is 0.274. The first-order valence-corrected chi connectivity index (χ1v) is 14.0. The molecule has 1 aromatic heterocycles. The maximum absolute atomic E-state index is 13.9. The zero-order chi connectivity index (χ0) is 29.1. The number of halogens is 3. The normalized spacial score (nSPS) is 18.1. The molecule has 0 bridgehead atoms. The van der Waals surface area contributed by atoms with Crippen molar-refractivity contribution in [2.45, 2.75) is 31.3 Å². The van der Waals surface area contributed by atoms with Crippen LogP contribution in [0.5, 0.6) is 5.75 Å². The summed E-state index contributed by atoms with van der Waals surface area (Å²) in [4.78, 5) is 34.5. The highest BCUT2D eigenvalue weighted by molar-refractivity contribution is 9.10. The fourth-order valence-corrected chi connectivity index (χ4v) is 5.56. The Labute approximate surface area is 245 Å². The van der Waals surface area contributed by atoms with E-state index in [0.717, 1.165) is 17.7 Å². The van der Waals surface area contributed by atoms with Crippen molar-refractivity contribution in [2.24, 2.45) is 0 Å². The molecule has 7 nitrogen and oxygen atoms in total. The predicted molar refractivity (Wildman–Crippen MR) is 151 cm³/mol. The van der Waals surface area contributed by atoms with Gasteiger partial charge in [-0.1, -0.05) is 36.4 Å². The molecule has 0 radical (unpaired) electrons. The molecule has 1 unspecified atom stereocenters. The van der Waals surface area contributed by atoms with Crippen molar-refractivity contribution in [3.63, 3.8) is 0 Å². The Bertz CT molecular complexity index is 1550. The number of likely N-dealkylation sites (tertiary alicyclic amines) is 1. The van der Waals surface area contributed by atoms with Crippen LogP contribution in [0.2, 0.25) is 0 Å².